The average molecular weight is 527 g/mol. The van der Waals surface area contributed by atoms with Crippen molar-refractivity contribution in [3.05, 3.63) is 42.5 Å². The number of urea groups is 1. The van der Waals surface area contributed by atoms with Gasteiger partial charge in [0.05, 0.1) is 6.33 Å². The molecule has 1 aliphatic heterocycles. The fourth-order valence-electron chi connectivity index (χ4n) is 4.50. The van der Waals surface area contributed by atoms with Crippen LogP contribution in [0.4, 0.5) is 16.3 Å². The molecule has 3 aromatic rings. The van der Waals surface area contributed by atoms with Gasteiger partial charge < -0.3 is 36.2 Å². The number of anilines is 2. The van der Waals surface area contributed by atoms with E-state index in [0.717, 1.165) is 25.1 Å². The van der Waals surface area contributed by atoms with Crippen molar-refractivity contribution in [1.82, 2.24) is 29.7 Å². The SMILES string of the molecule is CN(CCCCNC(=O)Nc1ccc(C(C)(C)C)cc1)C[C@H]1OC(n2cnc3c(N)ncnc32)[C@H](O)[C@@H]1O. The van der Waals surface area contributed by atoms with Gasteiger partial charge in [0.25, 0.3) is 0 Å². The van der Waals surface area contributed by atoms with E-state index in [9.17, 15) is 15.0 Å². The Labute approximate surface area is 222 Å². The molecule has 0 bridgehead atoms. The molecule has 0 aliphatic carbocycles. The van der Waals surface area contributed by atoms with Gasteiger partial charge in [-0.05, 0) is 49.5 Å². The second-order valence-corrected chi connectivity index (χ2v) is 10.8. The first kappa shape index (κ1) is 27.7. The van der Waals surface area contributed by atoms with Crippen LogP contribution in [0.3, 0.4) is 0 Å². The summed E-state index contributed by atoms with van der Waals surface area (Å²) in [4.78, 5) is 26.5. The monoisotopic (exact) mass is 526 g/mol. The number of nitrogen functional groups attached to an aromatic ring is 1. The number of nitrogens with two attached hydrogens (primary N) is 1. The number of unbranched alkanes of at least 4 members (excludes halogenated alkanes) is 1. The molecule has 1 fully saturated rings. The van der Waals surface area contributed by atoms with Gasteiger partial charge >= 0.3 is 6.03 Å². The number of ether oxygens (including phenoxy) is 1. The number of carbonyl (C=O) groups excluding carboxylic acids is 1. The maximum absolute atomic E-state index is 12.2. The Bertz CT molecular complexity index is 1230. The molecule has 12 heteroatoms. The summed E-state index contributed by atoms with van der Waals surface area (Å²) in [6.45, 7) is 8.16. The first-order chi connectivity index (χ1) is 18.0. The van der Waals surface area contributed by atoms with E-state index in [4.69, 9.17) is 10.5 Å². The predicted octanol–water partition coefficient (Wildman–Crippen LogP) is 1.86. The van der Waals surface area contributed by atoms with Crippen molar-refractivity contribution < 1.29 is 19.7 Å². The van der Waals surface area contributed by atoms with Crippen LogP contribution in [-0.2, 0) is 10.2 Å². The van der Waals surface area contributed by atoms with E-state index in [1.165, 1.54) is 18.2 Å². The van der Waals surface area contributed by atoms with E-state index in [-0.39, 0.29) is 17.3 Å². The van der Waals surface area contributed by atoms with Crippen molar-refractivity contribution in [3.63, 3.8) is 0 Å². The standard InChI is InChI=1S/C26H38N8O4/c1-26(2,3)16-7-9-17(10-8-16)32-25(37)28-11-5-6-12-33(4)13-18-20(35)21(36)24(38-18)34-15-31-19-22(27)29-14-30-23(19)34/h7-10,14-15,18,20-21,24,35-36H,5-6,11-13H2,1-4H3,(H2,27,29,30)(H2,28,32,37)/t18-,20-,21-,24?/m1/s1. The lowest BCUT2D eigenvalue weighted by molar-refractivity contribution is -0.0422. The summed E-state index contributed by atoms with van der Waals surface area (Å²) in [5.74, 6) is 0.236. The second-order valence-electron chi connectivity index (χ2n) is 10.8. The van der Waals surface area contributed by atoms with Crippen LogP contribution in [0.25, 0.3) is 11.2 Å². The number of imidazole rings is 1. The fraction of sp³-hybridized carbons (Fsp3) is 0.538. The normalized spacial score (nSPS) is 21.8. The smallest absolute Gasteiger partial charge is 0.319 e. The third-order valence-corrected chi connectivity index (χ3v) is 6.75. The van der Waals surface area contributed by atoms with E-state index in [1.807, 2.05) is 36.2 Å². The van der Waals surface area contributed by atoms with Crippen LogP contribution in [-0.4, -0.2) is 85.7 Å². The van der Waals surface area contributed by atoms with Crippen molar-refractivity contribution in [2.24, 2.45) is 0 Å². The molecular formula is C26H38N8O4. The van der Waals surface area contributed by atoms with Gasteiger partial charge in [0.2, 0.25) is 0 Å². The molecule has 6 N–H and O–H groups in total. The number of benzene rings is 1. The number of hydrogen-bond acceptors (Lipinski definition) is 9. The summed E-state index contributed by atoms with van der Waals surface area (Å²) in [5.41, 5.74) is 8.73. The number of likely N-dealkylation sites (N-methyl/N-ethyl adjacent to an activating group) is 1. The van der Waals surface area contributed by atoms with Gasteiger partial charge in [0.15, 0.2) is 17.7 Å². The minimum atomic E-state index is -1.14. The highest BCUT2D eigenvalue weighted by molar-refractivity contribution is 5.89. The van der Waals surface area contributed by atoms with Crippen LogP contribution in [0.15, 0.2) is 36.9 Å². The topological polar surface area (TPSA) is 164 Å². The van der Waals surface area contributed by atoms with Crippen LogP contribution in [0, 0.1) is 0 Å². The molecule has 2 aromatic heterocycles. The van der Waals surface area contributed by atoms with E-state index in [1.54, 1.807) is 4.57 Å². The molecule has 0 saturated carbocycles. The summed E-state index contributed by atoms with van der Waals surface area (Å²) in [6, 6.07) is 7.64. The van der Waals surface area contributed by atoms with Gasteiger partial charge in [-0.15, -0.1) is 0 Å². The first-order valence-corrected chi connectivity index (χ1v) is 12.8. The minimum Gasteiger partial charge on any atom is -0.387 e. The maximum Gasteiger partial charge on any atom is 0.319 e. The molecule has 4 rings (SSSR count). The molecule has 1 aliphatic rings. The largest absolute Gasteiger partial charge is 0.387 e. The zero-order valence-corrected chi connectivity index (χ0v) is 22.3. The number of carbonyl (C=O) groups is 1. The van der Waals surface area contributed by atoms with Crippen LogP contribution in [0.1, 0.15) is 45.4 Å². The van der Waals surface area contributed by atoms with Gasteiger partial charge in [0.1, 0.15) is 30.2 Å². The summed E-state index contributed by atoms with van der Waals surface area (Å²) >= 11 is 0. The lowest BCUT2D eigenvalue weighted by Crippen LogP contribution is -2.39. The van der Waals surface area contributed by atoms with Crippen LogP contribution >= 0.6 is 0 Å². The summed E-state index contributed by atoms with van der Waals surface area (Å²) < 4.78 is 7.57. The highest BCUT2D eigenvalue weighted by Gasteiger charge is 2.44. The number of amides is 2. The van der Waals surface area contributed by atoms with Crippen LogP contribution < -0.4 is 16.4 Å². The molecule has 1 unspecified atom stereocenters. The van der Waals surface area contributed by atoms with Gasteiger partial charge in [-0.2, -0.15) is 0 Å². The number of nitrogens with zero attached hydrogens (tertiary/aromatic N) is 5. The van der Waals surface area contributed by atoms with Gasteiger partial charge in [-0.1, -0.05) is 32.9 Å². The molecule has 12 nitrogen and oxygen atoms in total. The maximum atomic E-state index is 12.2. The van der Waals surface area contributed by atoms with Crippen LogP contribution in [0.5, 0.6) is 0 Å². The number of aromatic nitrogens is 4. The third-order valence-electron chi connectivity index (χ3n) is 6.75. The Kier molecular flexibility index (Phi) is 8.46. The molecule has 38 heavy (non-hydrogen) atoms. The molecule has 0 radical (unpaired) electrons. The quantitative estimate of drug-likeness (QED) is 0.262. The highest BCUT2D eigenvalue weighted by Crippen LogP contribution is 2.32. The number of aliphatic hydroxyl groups excluding tert-OH is 2. The lowest BCUT2D eigenvalue weighted by Gasteiger charge is -2.22. The van der Waals surface area contributed by atoms with Gasteiger partial charge in [-0.25, -0.2) is 19.7 Å². The Morgan fingerprint density at radius 1 is 1.13 bits per heavy atom. The number of rotatable bonds is 9. The average Bonchev–Trinajstić information content (AvgIpc) is 3.41. The molecule has 1 aromatic carbocycles. The number of aliphatic hydroxyl groups is 2. The molecule has 0 spiro atoms. The number of fused-ring (bicyclic) bond motifs is 1. The van der Waals surface area contributed by atoms with Crippen molar-refractivity contribution in [2.45, 2.75) is 63.6 Å². The Morgan fingerprint density at radius 3 is 2.58 bits per heavy atom. The Balaban J connectivity index is 1.17. The second kappa shape index (κ2) is 11.6. The zero-order valence-electron chi connectivity index (χ0n) is 22.3. The van der Waals surface area contributed by atoms with Gasteiger partial charge in [0, 0.05) is 18.8 Å². The summed E-state index contributed by atoms with van der Waals surface area (Å²) in [5, 5.41) is 27.0. The molecule has 2 amide bonds. The predicted molar refractivity (Wildman–Crippen MR) is 145 cm³/mol. The molecule has 3 heterocycles. The molecular weight excluding hydrogens is 488 g/mol. The van der Waals surface area contributed by atoms with Crippen molar-refractivity contribution in [3.8, 4) is 0 Å². The third kappa shape index (κ3) is 6.38. The lowest BCUT2D eigenvalue weighted by atomic mass is 9.87. The number of nitrogens with one attached hydrogen (secondary N) is 2. The molecule has 4 atom stereocenters. The molecule has 206 valence electrons. The Hall–Kier alpha value is -3.32. The number of hydrogen-bond donors (Lipinski definition) is 5. The van der Waals surface area contributed by atoms with Crippen LogP contribution in [0.2, 0.25) is 0 Å². The summed E-state index contributed by atoms with van der Waals surface area (Å²) in [7, 11) is 1.93. The van der Waals surface area contributed by atoms with E-state index in [2.05, 4.69) is 46.4 Å². The zero-order chi connectivity index (χ0) is 27.4. The van der Waals surface area contributed by atoms with Crippen molar-refractivity contribution in [2.75, 3.05) is 37.7 Å². The fourth-order valence-corrected chi connectivity index (χ4v) is 4.50. The first-order valence-electron chi connectivity index (χ1n) is 12.8. The Morgan fingerprint density at radius 2 is 1.87 bits per heavy atom. The van der Waals surface area contributed by atoms with Crippen molar-refractivity contribution >= 4 is 28.7 Å². The molecule has 1 saturated heterocycles. The van der Waals surface area contributed by atoms with Crippen molar-refractivity contribution in [1.29, 1.82) is 0 Å². The van der Waals surface area contributed by atoms with Gasteiger partial charge in [-0.3, -0.25) is 4.57 Å². The van der Waals surface area contributed by atoms with E-state index < -0.39 is 24.5 Å². The highest BCUT2D eigenvalue weighted by atomic mass is 16.6. The van der Waals surface area contributed by atoms with E-state index >= 15 is 0 Å². The minimum absolute atomic E-state index is 0.0663. The van der Waals surface area contributed by atoms with E-state index in [0.29, 0.717) is 24.3 Å². The summed E-state index contributed by atoms with van der Waals surface area (Å²) in [6.07, 6.45) is 0.793.